The normalized spacial score (nSPS) is 11.8. The maximum absolute atomic E-state index is 13.3. The lowest BCUT2D eigenvalue weighted by atomic mass is 10.1. The van der Waals surface area contributed by atoms with Crippen molar-refractivity contribution in [3.8, 4) is 11.3 Å². The topological polar surface area (TPSA) is 112 Å². The number of rotatable bonds is 7. The minimum atomic E-state index is -1.07. The van der Waals surface area contributed by atoms with Gasteiger partial charge >= 0.3 is 5.97 Å². The van der Waals surface area contributed by atoms with E-state index in [1.165, 1.54) is 6.92 Å². The lowest BCUT2D eigenvalue weighted by Crippen LogP contribution is -2.30. The molecule has 0 saturated heterocycles. The number of carbonyl (C=O) groups is 2. The van der Waals surface area contributed by atoms with Gasteiger partial charge in [-0.3, -0.25) is 4.79 Å². The van der Waals surface area contributed by atoms with Gasteiger partial charge in [0.2, 0.25) is 0 Å². The summed E-state index contributed by atoms with van der Waals surface area (Å²) in [4.78, 5) is 30.6. The second kappa shape index (κ2) is 9.83. The molecule has 5 aromatic rings. The third kappa shape index (κ3) is 4.85. The maximum atomic E-state index is 13.3. The Balaban J connectivity index is 1.47. The van der Waals surface area contributed by atoms with Gasteiger partial charge in [-0.1, -0.05) is 65.8 Å². The molecule has 0 spiro atoms. The van der Waals surface area contributed by atoms with Crippen LogP contribution >= 0.6 is 0 Å². The molecule has 5 rings (SSSR count). The Morgan fingerprint density at radius 3 is 2.47 bits per heavy atom. The number of aryl methyl sites for hydroxylation is 1. The Morgan fingerprint density at radius 1 is 1.06 bits per heavy atom. The zero-order valence-electron chi connectivity index (χ0n) is 19.7. The Kier molecular flexibility index (Phi) is 6.27. The highest BCUT2D eigenvalue weighted by atomic mass is 16.5. The number of carbonyl (C=O) groups excluding carboxylic acids is 2. The fraction of sp³-hybridized carbons (Fsp3) is 0.148. The molecule has 180 valence electrons. The van der Waals surface area contributed by atoms with Gasteiger partial charge in [0, 0.05) is 11.6 Å². The molecule has 1 unspecified atom stereocenters. The number of pyridine rings is 1. The van der Waals surface area contributed by atoms with Crippen LogP contribution in [0.25, 0.3) is 22.3 Å². The lowest BCUT2D eigenvalue weighted by Gasteiger charge is -2.13. The van der Waals surface area contributed by atoms with E-state index in [-0.39, 0.29) is 11.4 Å². The van der Waals surface area contributed by atoms with Crippen molar-refractivity contribution in [3.63, 3.8) is 0 Å². The first-order valence-electron chi connectivity index (χ1n) is 11.4. The minimum absolute atomic E-state index is 0.250. The Morgan fingerprint density at radius 2 is 1.78 bits per heavy atom. The highest BCUT2D eigenvalue weighted by molar-refractivity contribution is 6.05. The van der Waals surface area contributed by atoms with Crippen molar-refractivity contribution in [1.82, 2.24) is 19.9 Å². The van der Waals surface area contributed by atoms with Crippen LogP contribution in [0.1, 0.15) is 28.6 Å². The van der Waals surface area contributed by atoms with E-state index in [4.69, 9.17) is 14.2 Å². The summed E-state index contributed by atoms with van der Waals surface area (Å²) in [5.41, 5.74) is 3.30. The number of ether oxygens (including phenoxy) is 1. The Labute approximate surface area is 206 Å². The summed E-state index contributed by atoms with van der Waals surface area (Å²) < 4.78 is 12.2. The largest absolute Gasteiger partial charge is 0.449 e. The first kappa shape index (κ1) is 23.0. The number of hydrogen-bond acceptors (Lipinski definition) is 7. The van der Waals surface area contributed by atoms with Gasteiger partial charge in [0.05, 0.1) is 29.4 Å². The van der Waals surface area contributed by atoms with E-state index in [0.29, 0.717) is 29.0 Å². The van der Waals surface area contributed by atoms with Crippen LogP contribution in [0.5, 0.6) is 0 Å². The van der Waals surface area contributed by atoms with Gasteiger partial charge in [0.1, 0.15) is 5.76 Å². The predicted octanol–water partition coefficient (Wildman–Crippen LogP) is 4.63. The number of nitrogens with one attached hydrogen (secondary N) is 1. The molecule has 0 aliphatic heterocycles. The Bertz CT molecular complexity index is 1530. The number of benzene rings is 2. The van der Waals surface area contributed by atoms with Crippen molar-refractivity contribution in [2.45, 2.75) is 26.5 Å². The van der Waals surface area contributed by atoms with E-state index in [9.17, 15) is 9.59 Å². The Hall–Kier alpha value is -4.79. The van der Waals surface area contributed by atoms with Crippen molar-refractivity contribution < 1.29 is 18.8 Å². The number of esters is 1. The van der Waals surface area contributed by atoms with Crippen LogP contribution in [0, 0.1) is 6.92 Å². The molecule has 2 aromatic carbocycles. The zero-order chi connectivity index (χ0) is 25.1. The fourth-order valence-electron chi connectivity index (χ4n) is 3.78. The highest BCUT2D eigenvalue weighted by Gasteiger charge is 2.24. The van der Waals surface area contributed by atoms with E-state index in [2.05, 4.69) is 15.6 Å². The van der Waals surface area contributed by atoms with E-state index >= 15 is 0 Å². The number of aromatic nitrogens is 4. The van der Waals surface area contributed by atoms with Crippen LogP contribution in [-0.2, 0) is 16.1 Å². The van der Waals surface area contributed by atoms with Crippen LogP contribution in [0.15, 0.2) is 83.5 Å². The van der Waals surface area contributed by atoms with Crippen molar-refractivity contribution in [2.24, 2.45) is 0 Å². The van der Waals surface area contributed by atoms with Gasteiger partial charge in [-0.15, -0.1) is 0 Å². The smallest absolute Gasteiger partial charge is 0.339 e. The maximum Gasteiger partial charge on any atom is 0.339 e. The molecule has 9 nitrogen and oxygen atoms in total. The standard InChI is InChI=1S/C27H23N5O4/c1-17-13-24(31-36-17)30-26(33)18(2)35-27(34)21-14-23(20-11-7-4-8-12-20)29-25-22(21)15-28-32(25)16-19-9-5-3-6-10-19/h3-15,18H,16H2,1-2H3,(H,30,31,33). The van der Waals surface area contributed by atoms with Gasteiger partial charge in [-0.25, -0.2) is 14.5 Å². The van der Waals surface area contributed by atoms with Gasteiger partial charge < -0.3 is 14.6 Å². The van der Waals surface area contributed by atoms with Crippen LogP contribution in [0.4, 0.5) is 5.82 Å². The molecule has 1 N–H and O–H groups in total. The summed E-state index contributed by atoms with van der Waals surface area (Å²) in [7, 11) is 0. The van der Waals surface area contributed by atoms with Gasteiger partial charge in [0.15, 0.2) is 17.6 Å². The van der Waals surface area contributed by atoms with Gasteiger partial charge in [-0.05, 0) is 25.5 Å². The molecule has 0 fully saturated rings. The van der Waals surface area contributed by atoms with Crippen LogP contribution in [-0.4, -0.2) is 37.9 Å². The van der Waals surface area contributed by atoms with Crippen LogP contribution < -0.4 is 5.32 Å². The summed E-state index contributed by atoms with van der Waals surface area (Å²) in [6, 6.07) is 22.6. The molecule has 0 radical (unpaired) electrons. The van der Waals surface area contributed by atoms with E-state index in [0.717, 1.165) is 11.1 Å². The van der Waals surface area contributed by atoms with Gasteiger partial charge in [-0.2, -0.15) is 5.10 Å². The minimum Gasteiger partial charge on any atom is -0.449 e. The second-order valence-electron chi connectivity index (χ2n) is 8.31. The number of nitrogens with zero attached hydrogens (tertiary/aromatic N) is 4. The van der Waals surface area contributed by atoms with Crippen molar-refractivity contribution in [1.29, 1.82) is 0 Å². The third-order valence-electron chi connectivity index (χ3n) is 5.61. The quantitative estimate of drug-likeness (QED) is 0.337. The van der Waals surface area contributed by atoms with Crippen molar-refractivity contribution >= 4 is 28.7 Å². The fourth-order valence-corrected chi connectivity index (χ4v) is 3.78. The summed E-state index contributed by atoms with van der Waals surface area (Å²) in [5, 5.41) is 11.3. The molecular formula is C27H23N5O4. The molecule has 3 heterocycles. The molecular weight excluding hydrogens is 458 g/mol. The number of hydrogen-bond donors (Lipinski definition) is 1. The summed E-state index contributed by atoms with van der Waals surface area (Å²) >= 11 is 0. The molecule has 0 saturated carbocycles. The monoisotopic (exact) mass is 481 g/mol. The highest BCUT2D eigenvalue weighted by Crippen LogP contribution is 2.26. The SMILES string of the molecule is Cc1cc(NC(=O)C(C)OC(=O)c2cc(-c3ccccc3)nc3c2cnn3Cc2ccccc2)no1. The first-order valence-corrected chi connectivity index (χ1v) is 11.4. The molecule has 0 aliphatic carbocycles. The van der Waals surface area contributed by atoms with E-state index in [1.54, 1.807) is 29.9 Å². The number of amides is 1. The zero-order valence-corrected chi connectivity index (χ0v) is 19.7. The van der Waals surface area contributed by atoms with E-state index < -0.39 is 18.0 Å². The molecule has 1 atom stereocenters. The summed E-state index contributed by atoms with van der Waals surface area (Å²) in [5.74, 6) is -0.377. The van der Waals surface area contributed by atoms with Crippen LogP contribution in [0.3, 0.4) is 0 Å². The third-order valence-corrected chi connectivity index (χ3v) is 5.61. The second-order valence-corrected chi connectivity index (χ2v) is 8.31. The van der Waals surface area contributed by atoms with Crippen molar-refractivity contribution in [2.75, 3.05) is 5.32 Å². The molecule has 9 heteroatoms. The molecule has 0 aliphatic rings. The molecule has 36 heavy (non-hydrogen) atoms. The summed E-state index contributed by atoms with van der Waals surface area (Å²) in [6.45, 7) is 3.69. The van der Waals surface area contributed by atoms with Crippen molar-refractivity contribution in [3.05, 3.63) is 95.9 Å². The average molecular weight is 482 g/mol. The lowest BCUT2D eigenvalue weighted by molar-refractivity contribution is -0.123. The van der Waals surface area contributed by atoms with E-state index in [1.807, 2.05) is 60.7 Å². The average Bonchev–Trinajstić information content (AvgIpc) is 3.50. The molecule has 1 amide bonds. The van der Waals surface area contributed by atoms with Crippen LogP contribution in [0.2, 0.25) is 0 Å². The summed E-state index contributed by atoms with van der Waals surface area (Å²) in [6.07, 6.45) is 0.525. The van der Waals surface area contributed by atoms with Gasteiger partial charge in [0.25, 0.3) is 5.91 Å². The predicted molar refractivity (Wildman–Crippen MR) is 133 cm³/mol. The number of fused-ring (bicyclic) bond motifs is 1. The molecule has 0 bridgehead atoms. The number of anilines is 1. The molecule has 3 aromatic heterocycles. The first-order chi connectivity index (χ1) is 17.5.